The quantitative estimate of drug-likeness (QED) is 0.867. The van der Waals surface area contributed by atoms with Gasteiger partial charge in [-0.3, -0.25) is 9.78 Å². The summed E-state index contributed by atoms with van der Waals surface area (Å²) in [6, 6.07) is 8.33. The summed E-state index contributed by atoms with van der Waals surface area (Å²) in [7, 11) is 0. The van der Waals surface area contributed by atoms with Crippen LogP contribution < -0.4 is 0 Å². The van der Waals surface area contributed by atoms with Crippen LogP contribution in [0.2, 0.25) is 0 Å². The van der Waals surface area contributed by atoms with E-state index in [0.29, 0.717) is 37.9 Å². The van der Waals surface area contributed by atoms with Gasteiger partial charge in [0, 0.05) is 18.7 Å². The van der Waals surface area contributed by atoms with Gasteiger partial charge in [0.2, 0.25) is 0 Å². The molecule has 0 bridgehead atoms. The number of carbonyl (C=O) groups excluding carboxylic acids is 1. The maximum Gasteiger partial charge on any atom is 0.274 e. The van der Waals surface area contributed by atoms with E-state index < -0.39 is 0 Å². The number of morpholine rings is 1. The summed E-state index contributed by atoms with van der Waals surface area (Å²) in [5.41, 5.74) is 3.40. The number of nitrogens with zero attached hydrogens (tertiary/aromatic N) is 3. The van der Waals surface area contributed by atoms with Crippen molar-refractivity contribution in [2.75, 3.05) is 26.3 Å². The number of carbonyl (C=O) groups is 1. The highest BCUT2D eigenvalue weighted by Crippen LogP contribution is 2.19. The number of aromatic nitrogens is 2. The number of hydrogen-bond donors (Lipinski definition) is 0. The van der Waals surface area contributed by atoms with Crippen LogP contribution in [0.3, 0.4) is 0 Å². The van der Waals surface area contributed by atoms with E-state index in [-0.39, 0.29) is 5.91 Å². The predicted molar refractivity (Wildman–Crippen MR) is 92.7 cm³/mol. The molecule has 5 heteroatoms. The summed E-state index contributed by atoms with van der Waals surface area (Å²) >= 11 is 0. The molecule has 0 saturated carbocycles. The minimum Gasteiger partial charge on any atom is -0.378 e. The van der Waals surface area contributed by atoms with Crippen LogP contribution >= 0.6 is 0 Å². The van der Waals surface area contributed by atoms with Crippen LogP contribution in [0.15, 0.2) is 36.7 Å². The molecule has 5 nitrogen and oxygen atoms in total. The zero-order valence-corrected chi connectivity index (χ0v) is 14.2. The van der Waals surface area contributed by atoms with Gasteiger partial charge in [0.25, 0.3) is 5.91 Å². The molecule has 1 aromatic heterocycles. The van der Waals surface area contributed by atoms with Crippen LogP contribution in [0.1, 0.15) is 29.9 Å². The van der Waals surface area contributed by atoms with Crippen molar-refractivity contribution in [1.29, 1.82) is 0 Å². The summed E-state index contributed by atoms with van der Waals surface area (Å²) in [5.74, 6) is 0.550. The lowest BCUT2D eigenvalue weighted by Crippen LogP contribution is -2.41. The van der Waals surface area contributed by atoms with Gasteiger partial charge in [-0.05, 0) is 17.9 Å². The van der Waals surface area contributed by atoms with Crippen LogP contribution in [0.25, 0.3) is 11.3 Å². The van der Waals surface area contributed by atoms with Crippen LogP contribution in [0.4, 0.5) is 0 Å². The van der Waals surface area contributed by atoms with Crippen molar-refractivity contribution in [1.82, 2.24) is 14.9 Å². The Kier molecular flexibility index (Phi) is 5.20. The fourth-order valence-electron chi connectivity index (χ4n) is 2.82. The van der Waals surface area contributed by atoms with E-state index in [2.05, 4.69) is 35.9 Å². The maximum absolute atomic E-state index is 12.5. The lowest BCUT2D eigenvalue weighted by atomic mass is 10.0. The van der Waals surface area contributed by atoms with E-state index in [9.17, 15) is 4.79 Å². The molecule has 1 fully saturated rings. The smallest absolute Gasteiger partial charge is 0.274 e. The Morgan fingerprint density at radius 2 is 1.88 bits per heavy atom. The molecule has 0 spiro atoms. The largest absolute Gasteiger partial charge is 0.378 e. The molecule has 1 saturated heterocycles. The monoisotopic (exact) mass is 325 g/mol. The maximum atomic E-state index is 12.5. The predicted octanol–water partition coefficient (Wildman–Crippen LogP) is 2.81. The number of amides is 1. The van der Waals surface area contributed by atoms with Crippen molar-refractivity contribution in [2.24, 2.45) is 5.92 Å². The molecular weight excluding hydrogens is 302 g/mol. The lowest BCUT2D eigenvalue weighted by molar-refractivity contribution is 0.0299. The van der Waals surface area contributed by atoms with Crippen molar-refractivity contribution < 1.29 is 9.53 Å². The van der Waals surface area contributed by atoms with Crippen LogP contribution in [0, 0.1) is 5.92 Å². The fourth-order valence-corrected chi connectivity index (χ4v) is 2.82. The summed E-state index contributed by atoms with van der Waals surface area (Å²) < 4.78 is 5.29. The number of benzene rings is 1. The van der Waals surface area contributed by atoms with Crippen LogP contribution in [-0.4, -0.2) is 47.1 Å². The second-order valence-electron chi connectivity index (χ2n) is 6.49. The fraction of sp³-hybridized carbons (Fsp3) is 0.421. The molecule has 24 heavy (non-hydrogen) atoms. The average molecular weight is 325 g/mol. The number of hydrogen-bond acceptors (Lipinski definition) is 4. The molecule has 0 unspecified atom stereocenters. The zero-order valence-electron chi connectivity index (χ0n) is 14.2. The van der Waals surface area contributed by atoms with Crippen LogP contribution in [-0.2, 0) is 11.2 Å². The second-order valence-corrected chi connectivity index (χ2v) is 6.49. The molecule has 126 valence electrons. The average Bonchev–Trinajstić information content (AvgIpc) is 2.62. The molecule has 1 aliphatic rings. The van der Waals surface area contributed by atoms with Gasteiger partial charge < -0.3 is 9.64 Å². The normalized spacial score (nSPS) is 14.9. The van der Waals surface area contributed by atoms with Gasteiger partial charge in [0.1, 0.15) is 5.69 Å². The van der Waals surface area contributed by atoms with Gasteiger partial charge in [-0.2, -0.15) is 0 Å². The highest BCUT2D eigenvalue weighted by molar-refractivity contribution is 5.92. The molecule has 1 amide bonds. The number of ether oxygens (including phenoxy) is 1. The third kappa shape index (κ3) is 3.97. The van der Waals surface area contributed by atoms with Gasteiger partial charge in [0.15, 0.2) is 0 Å². The van der Waals surface area contributed by atoms with Gasteiger partial charge in [-0.15, -0.1) is 0 Å². The highest BCUT2D eigenvalue weighted by atomic mass is 16.5. The van der Waals surface area contributed by atoms with E-state index in [1.165, 1.54) is 11.8 Å². The van der Waals surface area contributed by atoms with E-state index in [1.807, 2.05) is 12.1 Å². The highest BCUT2D eigenvalue weighted by Gasteiger charge is 2.20. The molecule has 1 aliphatic heterocycles. The Morgan fingerprint density at radius 1 is 1.17 bits per heavy atom. The van der Waals surface area contributed by atoms with Crippen molar-refractivity contribution in [3.05, 3.63) is 47.9 Å². The number of rotatable bonds is 4. The Morgan fingerprint density at radius 3 is 2.54 bits per heavy atom. The summed E-state index contributed by atoms with van der Waals surface area (Å²) in [6.07, 6.45) is 4.30. The molecule has 2 heterocycles. The minimum atomic E-state index is -0.0796. The minimum absolute atomic E-state index is 0.0796. The molecule has 0 atom stereocenters. The third-order valence-electron chi connectivity index (χ3n) is 4.05. The first-order valence-corrected chi connectivity index (χ1v) is 8.42. The van der Waals surface area contributed by atoms with E-state index >= 15 is 0 Å². The molecule has 1 aromatic carbocycles. The molecule has 0 N–H and O–H groups in total. The zero-order chi connectivity index (χ0) is 16.9. The first-order valence-electron chi connectivity index (χ1n) is 8.42. The summed E-state index contributed by atoms with van der Waals surface area (Å²) in [4.78, 5) is 23.0. The van der Waals surface area contributed by atoms with Crippen molar-refractivity contribution in [3.8, 4) is 11.3 Å². The van der Waals surface area contributed by atoms with E-state index in [1.54, 1.807) is 11.1 Å². The molecule has 0 radical (unpaired) electrons. The van der Waals surface area contributed by atoms with E-state index in [0.717, 1.165) is 17.7 Å². The molecule has 0 aliphatic carbocycles. The van der Waals surface area contributed by atoms with Gasteiger partial charge >= 0.3 is 0 Å². The van der Waals surface area contributed by atoms with E-state index in [4.69, 9.17) is 4.74 Å². The first-order chi connectivity index (χ1) is 11.6. The molecule has 3 rings (SSSR count). The first kappa shape index (κ1) is 16.6. The van der Waals surface area contributed by atoms with Crippen molar-refractivity contribution in [2.45, 2.75) is 20.3 Å². The van der Waals surface area contributed by atoms with Gasteiger partial charge in [-0.25, -0.2) is 4.98 Å². The van der Waals surface area contributed by atoms with Crippen molar-refractivity contribution in [3.63, 3.8) is 0 Å². The Balaban J connectivity index is 1.78. The molecule has 2 aromatic rings. The third-order valence-corrected chi connectivity index (χ3v) is 4.05. The van der Waals surface area contributed by atoms with Gasteiger partial charge in [-0.1, -0.05) is 38.1 Å². The summed E-state index contributed by atoms with van der Waals surface area (Å²) in [5, 5.41) is 0. The Bertz CT molecular complexity index is 692. The van der Waals surface area contributed by atoms with Gasteiger partial charge in [0.05, 0.1) is 31.3 Å². The lowest BCUT2D eigenvalue weighted by Gasteiger charge is -2.26. The Labute approximate surface area is 142 Å². The standard InChI is InChI=1S/C19H23N3O2/c1-14(2)11-15-3-5-16(6-4-15)17-12-20-13-18(21-17)19(23)22-7-9-24-10-8-22/h3-6,12-14H,7-11H2,1-2H3. The molecular formula is C19H23N3O2. The van der Waals surface area contributed by atoms with Crippen LogP contribution in [0.5, 0.6) is 0 Å². The van der Waals surface area contributed by atoms with Crippen molar-refractivity contribution >= 4 is 5.91 Å². The topological polar surface area (TPSA) is 55.3 Å². The Hall–Kier alpha value is -2.27. The summed E-state index contributed by atoms with van der Waals surface area (Å²) in [6.45, 7) is 6.79. The second kappa shape index (κ2) is 7.53. The SMILES string of the molecule is CC(C)Cc1ccc(-c2cncc(C(=O)N3CCOCC3)n2)cc1.